The second-order valence-corrected chi connectivity index (χ2v) is 6.03. The Kier molecular flexibility index (Phi) is 4.27. The third kappa shape index (κ3) is 3.48. The van der Waals surface area contributed by atoms with Crippen molar-refractivity contribution in [1.82, 2.24) is 4.90 Å². The topological polar surface area (TPSA) is 32.3 Å². The molecule has 0 radical (unpaired) electrons. The summed E-state index contributed by atoms with van der Waals surface area (Å²) in [6, 6.07) is 5.95. The van der Waals surface area contributed by atoms with Gasteiger partial charge in [0.1, 0.15) is 0 Å². The van der Waals surface area contributed by atoms with E-state index in [4.69, 9.17) is 0 Å². The largest absolute Gasteiger partial charge is 0.325 e. The SMILES string of the molecule is Cc1cc(Br)cc(NC(=O)N2CCC(C)CC2)c1. The third-order valence-corrected chi connectivity index (χ3v) is 3.82. The van der Waals surface area contributed by atoms with Crippen molar-refractivity contribution in [3.63, 3.8) is 0 Å². The maximum atomic E-state index is 12.1. The van der Waals surface area contributed by atoms with Crippen molar-refractivity contribution < 1.29 is 4.79 Å². The summed E-state index contributed by atoms with van der Waals surface area (Å²) in [5.41, 5.74) is 1.98. The van der Waals surface area contributed by atoms with Crippen LogP contribution in [0.4, 0.5) is 10.5 Å². The number of likely N-dealkylation sites (tertiary alicyclic amines) is 1. The molecule has 2 amide bonds. The minimum absolute atomic E-state index is 0.0133. The fourth-order valence-electron chi connectivity index (χ4n) is 2.22. The minimum Gasteiger partial charge on any atom is -0.325 e. The Hall–Kier alpha value is -1.03. The van der Waals surface area contributed by atoms with Crippen molar-refractivity contribution in [3.8, 4) is 0 Å². The predicted octanol–water partition coefficient (Wildman–Crippen LogP) is 4.02. The molecule has 2 rings (SSSR count). The number of piperidine rings is 1. The van der Waals surface area contributed by atoms with Crippen LogP contribution in [-0.2, 0) is 0 Å². The van der Waals surface area contributed by atoms with Gasteiger partial charge in [-0.1, -0.05) is 22.9 Å². The molecule has 0 atom stereocenters. The first kappa shape index (κ1) is 13.4. The fourth-order valence-corrected chi connectivity index (χ4v) is 2.83. The van der Waals surface area contributed by atoms with E-state index in [-0.39, 0.29) is 6.03 Å². The number of nitrogens with zero attached hydrogens (tertiary/aromatic N) is 1. The Morgan fingerprint density at radius 3 is 2.61 bits per heavy atom. The van der Waals surface area contributed by atoms with E-state index < -0.39 is 0 Å². The average molecular weight is 311 g/mol. The third-order valence-electron chi connectivity index (χ3n) is 3.36. The second kappa shape index (κ2) is 5.74. The second-order valence-electron chi connectivity index (χ2n) is 5.12. The summed E-state index contributed by atoms with van der Waals surface area (Å²) in [7, 11) is 0. The van der Waals surface area contributed by atoms with Crippen LogP contribution in [0, 0.1) is 12.8 Å². The highest BCUT2D eigenvalue weighted by atomic mass is 79.9. The highest BCUT2D eigenvalue weighted by molar-refractivity contribution is 9.10. The zero-order valence-corrected chi connectivity index (χ0v) is 12.5. The van der Waals surface area contributed by atoms with Crippen molar-refractivity contribution in [2.45, 2.75) is 26.7 Å². The lowest BCUT2D eigenvalue weighted by molar-refractivity contribution is 0.186. The Morgan fingerprint density at radius 2 is 2.00 bits per heavy atom. The molecular weight excluding hydrogens is 292 g/mol. The van der Waals surface area contributed by atoms with Gasteiger partial charge in [-0.05, 0) is 49.4 Å². The number of carbonyl (C=O) groups is 1. The lowest BCUT2D eigenvalue weighted by Gasteiger charge is -2.30. The highest BCUT2D eigenvalue weighted by Crippen LogP contribution is 2.21. The van der Waals surface area contributed by atoms with Gasteiger partial charge >= 0.3 is 6.03 Å². The van der Waals surface area contributed by atoms with E-state index in [1.54, 1.807) is 0 Å². The molecule has 0 saturated carbocycles. The number of hydrogen-bond donors (Lipinski definition) is 1. The highest BCUT2D eigenvalue weighted by Gasteiger charge is 2.20. The smallest absolute Gasteiger partial charge is 0.321 e. The summed E-state index contributed by atoms with van der Waals surface area (Å²) in [5, 5.41) is 2.97. The number of halogens is 1. The lowest BCUT2D eigenvalue weighted by atomic mass is 10.00. The average Bonchev–Trinajstić information content (AvgIpc) is 2.28. The molecule has 1 fully saturated rings. The van der Waals surface area contributed by atoms with Crippen LogP contribution in [0.5, 0.6) is 0 Å². The lowest BCUT2D eigenvalue weighted by Crippen LogP contribution is -2.40. The van der Waals surface area contributed by atoms with Crippen LogP contribution in [0.3, 0.4) is 0 Å². The monoisotopic (exact) mass is 310 g/mol. The Balaban J connectivity index is 1.98. The number of benzene rings is 1. The Morgan fingerprint density at radius 1 is 1.33 bits per heavy atom. The van der Waals surface area contributed by atoms with Gasteiger partial charge in [0.15, 0.2) is 0 Å². The predicted molar refractivity (Wildman–Crippen MR) is 77.9 cm³/mol. The Labute approximate surface area is 117 Å². The van der Waals surface area contributed by atoms with Crippen molar-refractivity contribution in [3.05, 3.63) is 28.2 Å². The zero-order chi connectivity index (χ0) is 13.1. The molecule has 1 heterocycles. The van der Waals surface area contributed by atoms with Crippen molar-refractivity contribution in [2.75, 3.05) is 18.4 Å². The molecule has 18 heavy (non-hydrogen) atoms. The van der Waals surface area contributed by atoms with Gasteiger partial charge in [-0.3, -0.25) is 0 Å². The van der Waals surface area contributed by atoms with E-state index in [2.05, 4.69) is 28.2 Å². The number of urea groups is 1. The number of rotatable bonds is 1. The zero-order valence-electron chi connectivity index (χ0n) is 10.9. The molecule has 98 valence electrons. The fraction of sp³-hybridized carbons (Fsp3) is 0.500. The molecule has 0 spiro atoms. The standard InChI is InChI=1S/C14H19BrN2O/c1-10-3-5-17(6-4-10)14(18)16-13-8-11(2)7-12(15)9-13/h7-10H,3-6H2,1-2H3,(H,16,18). The van der Waals surface area contributed by atoms with E-state index in [1.807, 2.05) is 30.0 Å². The van der Waals surface area contributed by atoms with Gasteiger partial charge in [0.2, 0.25) is 0 Å². The van der Waals surface area contributed by atoms with Crippen LogP contribution in [-0.4, -0.2) is 24.0 Å². The summed E-state index contributed by atoms with van der Waals surface area (Å²) in [5.74, 6) is 0.738. The van der Waals surface area contributed by atoms with Gasteiger partial charge in [-0.25, -0.2) is 4.79 Å². The van der Waals surface area contributed by atoms with Crippen LogP contribution < -0.4 is 5.32 Å². The molecule has 1 saturated heterocycles. The summed E-state index contributed by atoms with van der Waals surface area (Å²) in [6.07, 6.45) is 2.20. The van der Waals surface area contributed by atoms with Gasteiger partial charge in [-0.2, -0.15) is 0 Å². The maximum Gasteiger partial charge on any atom is 0.321 e. The van der Waals surface area contributed by atoms with E-state index in [9.17, 15) is 4.79 Å². The molecule has 4 heteroatoms. The van der Waals surface area contributed by atoms with Crippen LogP contribution in [0.1, 0.15) is 25.3 Å². The van der Waals surface area contributed by atoms with E-state index in [0.717, 1.165) is 47.6 Å². The normalized spacial score (nSPS) is 16.7. The van der Waals surface area contributed by atoms with E-state index in [0.29, 0.717) is 0 Å². The number of carbonyl (C=O) groups excluding carboxylic acids is 1. The van der Waals surface area contributed by atoms with Gasteiger partial charge in [0.25, 0.3) is 0 Å². The summed E-state index contributed by atoms with van der Waals surface area (Å²) in [4.78, 5) is 14.0. The summed E-state index contributed by atoms with van der Waals surface area (Å²) >= 11 is 3.44. The number of aryl methyl sites for hydroxylation is 1. The van der Waals surface area contributed by atoms with Crippen molar-refractivity contribution in [1.29, 1.82) is 0 Å². The minimum atomic E-state index is 0.0133. The summed E-state index contributed by atoms with van der Waals surface area (Å²) in [6.45, 7) is 5.98. The molecule has 0 aliphatic carbocycles. The Bertz CT molecular complexity index is 419. The molecule has 1 aromatic rings. The number of amides is 2. The van der Waals surface area contributed by atoms with E-state index in [1.165, 1.54) is 0 Å². The van der Waals surface area contributed by atoms with Gasteiger partial charge in [0.05, 0.1) is 0 Å². The van der Waals surface area contributed by atoms with Gasteiger partial charge in [-0.15, -0.1) is 0 Å². The quantitative estimate of drug-likeness (QED) is 0.834. The number of hydrogen-bond acceptors (Lipinski definition) is 1. The molecule has 1 N–H and O–H groups in total. The van der Waals surface area contributed by atoms with Crippen LogP contribution in [0.25, 0.3) is 0 Å². The summed E-state index contributed by atoms with van der Waals surface area (Å²) < 4.78 is 0.991. The first-order chi connectivity index (χ1) is 8.54. The van der Waals surface area contributed by atoms with Crippen LogP contribution >= 0.6 is 15.9 Å². The molecule has 0 aromatic heterocycles. The first-order valence-corrected chi connectivity index (χ1v) is 7.17. The van der Waals surface area contributed by atoms with E-state index >= 15 is 0 Å². The molecule has 1 aliphatic rings. The van der Waals surface area contributed by atoms with Crippen molar-refractivity contribution >= 4 is 27.6 Å². The van der Waals surface area contributed by atoms with Gasteiger partial charge < -0.3 is 10.2 Å². The van der Waals surface area contributed by atoms with Crippen LogP contribution in [0.15, 0.2) is 22.7 Å². The first-order valence-electron chi connectivity index (χ1n) is 6.38. The molecule has 1 aromatic carbocycles. The number of nitrogens with one attached hydrogen (secondary N) is 1. The molecule has 1 aliphatic heterocycles. The molecule has 0 unspecified atom stereocenters. The number of anilines is 1. The molecule has 0 bridgehead atoms. The van der Waals surface area contributed by atoms with Crippen LogP contribution in [0.2, 0.25) is 0 Å². The molecule has 3 nitrogen and oxygen atoms in total. The molecular formula is C14H19BrN2O. The maximum absolute atomic E-state index is 12.1. The van der Waals surface area contributed by atoms with Gasteiger partial charge in [0, 0.05) is 23.2 Å². The van der Waals surface area contributed by atoms with Crippen molar-refractivity contribution in [2.24, 2.45) is 5.92 Å².